The van der Waals surface area contributed by atoms with Crippen molar-refractivity contribution in [2.45, 2.75) is 65.5 Å². The first-order valence-corrected chi connectivity index (χ1v) is 14.7. The van der Waals surface area contributed by atoms with E-state index in [1.165, 1.54) is 10.6 Å². The molecule has 0 aliphatic carbocycles. The van der Waals surface area contributed by atoms with Crippen LogP contribution in [0, 0.1) is 6.92 Å². The summed E-state index contributed by atoms with van der Waals surface area (Å²) in [5, 5.41) is 2.95. The average Bonchev–Trinajstić information content (AvgIpc) is 2.85. The Balaban J connectivity index is 2.22. The molecule has 0 radical (unpaired) electrons. The Morgan fingerprint density at radius 3 is 2.41 bits per heavy atom. The van der Waals surface area contributed by atoms with E-state index in [1.807, 2.05) is 56.3 Å². The fourth-order valence-electron chi connectivity index (χ4n) is 4.18. The molecule has 204 valence electrons. The van der Waals surface area contributed by atoms with Gasteiger partial charge in [-0.2, -0.15) is 0 Å². The van der Waals surface area contributed by atoms with E-state index in [2.05, 4.69) is 12.2 Å². The molecule has 0 spiro atoms. The lowest BCUT2D eigenvalue weighted by Crippen LogP contribution is -2.49. The fraction of sp³-hybridized carbons (Fsp3) is 0.500. The highest BCUT2D eigenvalue weighted by atomic mass is 32.2. The van der Waals surface area contributed by atoms with Gasteiger partial charge in [-0.05, 0) is 61.6 Å². The van der Waals surface area contributed by atoms with Crippen LogP contribution in [0.25, 0.3) is 0 Å². The molecular formula is C28H41N3O5S. The Bertz CT molecular complexity index is 1140. The SMILES string of the molecule is CCCCNC(=O)[C@H](CC)N(Cc1cccc(OC)c1)C(=O)CCCN(c1cccc(C)c1)S(C)(=O)=O. The van der Waals surface area contributed by atoms with Crippen LogP contribution in [0.5, 0.6) is 5.75 Å². The molecule has 0 saturated carbocycles. The quantitative estimate of drug-likeness (QED) is 0.346. The summed E-state index contributed by atoms with van der Waals surface area (Å²) in [6.07, 6.45) is 3.89. The van der Waals surface area contributed by atoms with Gasteiger partial charge in [0.1, 0.15) is 11.8 Å². The molecule has 0 heterocycles. The van der Waals surface area contributed by atoms with Gasteiger partial charge in [0.2, 0.25) is 21.8 Å². The number of sulfonamides is 1. The predicted octanol–water partition coefficient (Wildman–Crippen LogP) is 4.27. The van der Waals surface area contributed by atoms with E-state index in [4.69, 9.17) is 4.74 Å². The number of aryl methyl sites for hydroxylation is 1. The number of benzene rings is 2. The lowest BCUT2D eigenvalue weighted by molar-refractivity contribution is -0.141. The number of ether oxygens (including phenoxy) is 1. The van der Waals surface area contributed by atoms with Gasteiger partial charge >= 0.3 is 0 Å². The van der Waals surface area contributed by atoms with Crippen LogP contribution in [0.1, 0.15) is 57.1 Å². The van der Waals surface area contributed by atoms with Crippen molar-refractivity contribution in [3.8, 4) is 5.75 Å². The molecular weight excluding hydrogens is 490 g/mol. The zero-order chi connectivity index (χ0) is 27.4. The molecule has 8 nitrogen and oxygen atoms in total. The first-order valence-electron chi connectivity index (χ1n) is 12.8. The molecule has 0 saturated heterocycles. The molecule has 1 atom stereocenters. The van der Waals surface area contributed by atoms with Gasteiger partial charge < -0.3 is 15.0 Å². The second-order valence-electron chi connectivity index (χ2n) is 9.22. The van der Waals surface area contributed by atoms with Gasteiger partial charge in [0.25, 0.3) is 0 Å². The van der Waals surface area contributed by atoms with E-state index < -0.39 is 16.1 Å². The second kappa shape index (κ2) is 14.6. The highest BCUT2D eigenvalue weighted by Gasteiger charge is 2.28. The molecule has 2 amide bonds. The van der Waals surface area contributed by atoms with Gasteiger partial charge in [-0.25, -0.2) is 8.42 Å². The number of carbonyl (C=O) groups excluding carboxylic acids is 2. The first kappa shape index (κ1) is 30.2. The number of anilines is 1. The van der Waals surface area contributed by atoms with Crippen molar-refractivity contribution in [2.75, 3.05) is 30.8 Å². The number of unbranched alkanes of at least 4 members (excludes halogenated alkanes) is 1. The van der Waals surface area contributed by atoms with Crippen LogP contribution in [-0.2, 0) is 26.2 Å². The maximum absolute atomic E-state index is 13.5. The average molecular weight is 532 g/mol. The van der Waals surface area contributed by atoms with Crippen LogP contribution >= 0.6 is 0 Å². The Kier molecular flexibility index (Phi) is 11.9. The molecule has 0 aromatic heterocycles. The van der Waals surface area contributed by atoms with Crippen LogP contribution in [0.4, 0.5) is 5.69 Å². The molecule has 2 aromatic carbocycles. The predicted molar refractivity (Wildman–Crippen MR) is 148 cm³/mol. The van der Waals surface area contributed by atoms with Crippen molar-refractivity contribution >= 4 is 27.5 Å². The Morgan fingerprint density at radius 2 is 1.78 bits per heavy atom. The molecule has 0 fully saturated rings. The minimum atomic E-state index is -3.53. The molecule has 37 heavy (non-hydrogen) atoms. The topological polar surface area (TPSA) is 96.0 Å². The van der Waals surface area contributed by atoms with E-state index in [1.54, 1.807) is 18.1 Å². The van der Waals surface area contributed by atoms with Crippen molar-refractivity contribution in [3.63, 3.8) is 0 Å². The number of carbonyl (C=O) groups is 2. The van der Waals surface area contributed by atoms with Gasteiger partial charge in [-0.3, -0.25) is 13.9 Å². The van der Waals surface area contributed by atoms with Gasteiger partial charge in [0.15, 0.2) is 0 Å². The van der Waals surface area contributed by atoms with Crippen LogP contribution in [0.3, 0.4) is 0 Å². The molecule has 9 heteroatoms. The van der Waals surface area contributed by atoms with Gasteiger partial charge in [-0.1, -0.05) is 44.5 Å². The molecule has 2 aromatic rings. The van der Waals surface area contributed by atoms with Crippen LogP contribution in [0.2, 0.25) is 0 Å². The summed E-state index contributed by atoms with van der Waals surface area (Å²) < 4.78 is 31.6. The second-order valence-corrected chi connectivity index (χ2v) is 11.1. The Hall–Kier alpha value is -3.07. The highest BCUT2D eigenvalue weighted by molar-refractivity contribution is 7.92. The van der Waals surface area contributed by atoms with E-state index in [9.17, 15) is 18.0 Å². The molecule has 0 bridgehead atoms. The number of amides is 2. The fourth-order valence-corrected chi connectivity index (χ4v) is 5.14. The van der Waals surface area contributed by atoms with Crippen molar-refractivity contribution < 1.29 is 22.7 Å². The minimum absolute atomic E-state index is 0.112. The van der Waals surface area contributed by atoms with Gasteiger partial charge in [-0.15, -0.1) is 0 Å². The zero-order valence-electron chi connectivity index (χ0n) is 22.7. The van der Waals surface area contributed by atoms with Gasteiger partial charge in [0.05, 0.1) is 19.1 Å². The lowest BCUT2D eigenvalue weighted by Gasteiger charge is -2.31. The molecule has 2 rings (SSSR count). The third kappa shape index (κ3) is 9.39. The van der Waals surface area contributed by atoms with E-state index in [0.717, 1.165) is 24.0 Å². The Morgan fingerprint density at radius 1 is 1.05 bits per heavy atom. The minimum Gasteiger partial charge on any atom is -0.497 e. The van der Waals surface area contributed by atoms with Crippen molar-refractivity contribution in [3.05, 3.63) is 59.7 Å². The van der Waals surface area contributed by atoms with E-state index in [-0.39, 0.29) is 31.3 Å². The number of hydrogen-bond acceptors (Lipinski definition) is 5. The summed E-state index contributed by atoms with van der Waals surface area (Å²) in [5.74, 6) is 0.301. The standard InChI is InChI=1S/C28H41N3O5S/c1-6-8-17-29-28(33)26(7-2)30(21-23-13-10-15-25(20-23)36-4)27(32)16-11-18-31(37(5,34)35)24-14-9-12-22(3)19-24/h9-10,12-15,19-20,26H,6-8,11,16-18,21H2,1-5H3,(H,29,33)/t26-/m0/s1. The monoisotopic (exact) mass is 531 g/mol. The number of methoxy groups -OCH3 is 1. The lowest BCUT2D eigenvalue weighted by atomic mass is 10.1. The normalized spacial score (nSPS) is 12.0. The van der Waals surface area contributed by atoms with E-state index in [0.29, 0.717) is 30.8 Å². The summed E-state index contributed by atoms with van der Waals surface area (Å²) in [6, 6.07) is 14.1. The van der Waals surface area contributed by atoms with Crippen LogP contribution in [0.15, 0.2) is 48.5 Å². The molecule has 0 aliphatic rings. The zero-order valence-corrected chi connectivity index (χ0v) is 23.5. The van der Waals surface area contributed by atoms with Crippen molar-refractivity contribution in [2.24, 2.45) is 0 Å². The maximum Gasteiger partial charge on any atom is 0.242 e. The molecule has 0 unspecified atom stereocenters. The number of nitrogens with zero attached hydrogens (tertiary/aromatic N) is 2. The molecule has 0 aliphatic heterocycles. The van der Waals surface area contributed by atoms with Crippen LogP contribution in [-0.4, -0.2) is 57.6 Å². The van der Waals surface area contributed by atoms with Crippen molar-refractivity contribution in [1.82, 2.24) is 10.2 Å². The van der Waals surface area contributed by atoms with Gasteiger partial charge in [0, 0.05) is 26.1 Å². The summed E-state index contributed by atoms with van der Waals surface area (Å²) >= 11 is 0. The maximum atomic E-state index is 13.5. The number of nitrogens with one attached hydrogen (secondary N) is 1. The summed E-state index contributed by atoms with van der Waals surface area (Å²) in [6.45, 7) is 6.83. The third-order valence-electron chi connectivity index (χ3n) is 6.14. The van der Waals surface area contributed by atoms with E-state index >= 15 is 0 Å². The summed E-state index contributed by atoms with van der Waals surface area (Å²) in [4.78, 5) is 28.1. The Labute approximate surface area is 222 Å². The third-order valence-corrected chi connectivity index (χ3v) is 7.34. The number of rotatable bonds is 15. The summed E-state index contributed by atoms with van der Waals surface area (Å²) in [7, 11) is -1.94. The van der Waals surface area contributed by atoms with Crippen molar-refractivity contribution in [1.29, 1.82) is 0 Å². The molecule has 1 N–H and O–H groups in total. The highest BCUT2D eigenvalue weighted by Crippen LogP contribution is 2.21. The smallest absolute Gasteiger partial charge is 0.242 e. The largest absolute Gasteiger partial charge is 0.497 e. The first-order chi connectivity index (χ1) is 17.6. The summed E-state index contributed by atoms with van der Waals surface area (Å²) in [5.41, 5.74) is 2.38. The van der Waals surface area contributed by atoms with Crippen LogP contribution < -0.4 is 14.4 Å². The number of hydrogen-bond donors (Lipinski definition) is 1.